The molecule has 2 aromatic heterocycles. The number of nitrogens with zero attached hydrogens (tertiary/aromatic N) is 4. The van der Waals surface area contributed by atoms with Crippen molar-refractivity contribution >= 4 is 28.7 Å². The normalized spacial score (nSPS) is 14.4. The number of aryl methyl sites for hydroxylation is 1. The molecule has 34 heavy (non-hydrogen) atoms. The molecule has 0 radical (unpaired) electrons. The number of aromatic nitrogens is 3. The summed E-state index contributed by atoms with van der Waals surface area (Å²) in [5.74, 6) is 0.113. The van der Waals surface area contributed by atoms with Crippen LogP contribution in [0.3, 0.4) is 0 Å². The maximum atomic E-state index is 13.3. The number of benzene rings is 2. The van der Waals surface area contributed by atoms with Crippen LogP contribution >= 0.6 is 0 Å². The Morgan fingerprint density at radius 1 is 0.941 bits per heavy atom. The standard InChI is InChI=1S/C27H27N5O2/c1-18-10-12-21(13-11-18)26(33)29-23-15-14-22-24(27(34)31-16-6-7-17-31)30-32(25(22)28-23)19(2)20-8-4-3-5-9-20/h3-5,8-15,19H,6-7,16-17H2,1-2H3,(H,28,29,33). The summed E-state index contributed by atoms with van der Waals surface area (Å²) in [7, 11) is 0. The Hall–Kier alpha value is -4.00. The highest BCUT2D eigenvalue weighted by molar-refractivity contribution is 6.06. The van der Waals surface area contributed by atoms with E-state index >= 15 is 0 Å². The van der Waals surface area contributed by atoms with E-state index in [9.17, 15) is 9.59 Å². The first-order valence-corrected chi connectivity index (χ1v) is 11.6. The molecule has 0 aliphatic carbocycles. The zero-order chi connectivity index (χ0) is 23.7. The van der Waals surface area contributed by atoms with Crippen molar-refractivity contribution in [1.82, 2.24) is 19.7 Å². The molecule has 3 heterocycles. The Labute approximate surface area is 198 Å². The molecule has 7 nitrogen and oxygen atoms in total. The molecule has 0 saturated carbocycles. The molecule has 1 fully saturated rings. The minimum atomic E-state index is -0.234. The summed E-state index contributed by atoms with van der Waals surface area (Å²) in [4.78, 5) is 32.6. The lowest BCUT2D eigenvalue weighted by atomic mass is 10.1. The topological polar surface area (TPSA) is 80.1 Å². The maximum Gasteiger partial charge on any atom is 0.275 e. The lowest BCUT2D eigenvalue weighted by molar-refractivity contribution is 0.0787. The number of likely N-dealkylation sites (tertiary alicyclic amines) is 1. The molecular formula is C27H27N5O2. The number of hydrogen-bond acceptors (Lipinski definition) is 4. The average Bonchev–Trinajstić information content (AvgIpc) is 3.53. The number of hydrogen-bond donors (Lipinski definition) is 1. The number of nitrogens with one attached hydrogen (secondary N) is 1. The summed E-state index contributed by atoms with van der Waals surface area (Å²) in [6.07, 6.45) is 2.02. The van der Waals surface area contributed by atoms with Gasteiger partial charge in [-0.3, -0.25) is 9.59 Å². The third-order valence-electron chi connectivity index (χ3n) is 6.36. The number of anilines is 1. The van der Waals surface area contributed by atoms with Crippen LogP contribution in [0.4, 0.5) is 5.82 Å². The van der Waals surface area contributed by atoms with Gasteiger partial charge in [-0.15, -0.1) is 0 Å². The van der Waals surface area contributed by atoms with Crippen LogP contribution in [0.25, 0.3) is 11.0 Å². The van der Waals surface area contributed by atoms with Crippen LogP contribution < -0.4 is 5.32 Å². The van der Waals surface area contributed by atoms with Crippen molar-refractivity contribution in [2.24, 2.45) is 0 Å². The van der Waals surface area contributed by atoms with E-state index < -0.39 is 0 Å². The average molecular weight is 454 g/mol. The van der Waals surface area contributed by atoms with Crippen LogP contribution in [0.1, 0.15) is 57.8 Å². The minimum Gasteiger partial charge on any atom is -0.337 e. The molecular weight excluding hydrogens is 426 g/mol. The van der Waals surface area contributed by atoms with E-state index in [1.807, 2.05) is 67.3 Å². The molecule has 4 aromatic rings. The van der Waals surface area contributed by atoms with E-state index in [0.717, 1.165) is 37.1 Å². The van der Waals surface area contributed by atoms with Gasteiger partial charge in [-0.05, 0) is 56.5 Å². The van der Waals surface area contributed by atoms with Gasteiger partial charge in [-0.1, -0.05) is 48.0 Å². The molecule has 2 aromatic carbocycles. The second kappa shape index (κ2) is 9.09. The predicted molar refractivity (Wildman–Crippen MR) is 132 cm³/mol. The van der Waals surface area contributed by atoms with Crippen molar-refractivity contribution in [3.05, 3.63) is 89.1 Å². The van der Waals surface area contributed by atoms with E-state index in [0.29, 0.717) is 28.1 Å². The van der Waals surface area contributed by atoms with Gasteiger partial charge in [0.15, 0.2) is 11.3 Å². The fourth-order valence-corrected chi connectivity index (χ4v) is 4.35. The van der Waals surface area contributed by atoms with Crippen LogP contribution in [0.2, 0.25) is 0 Å². The van der Waals surface area contributed by atoms with Gasteiger partial charge in [0.1, 0.15) is 5.82 Å². The first-order valence-electron chi connectivity index (χ1n) is 11.6. The van der Waals surface area contributed by atoms with Gasteiger partial charge in [0.05, 0.1) is 11.4 Å². The van der Waals surface area contributed by atoms with Gasteiger partial charge < -0.3 is 10.2 Å². The second-order valence-corrected chi connectivity index (χ2v) is 8.77. The number of carbonyl (C=O) groups is 2. The van der Waals surface area contributed by atoms with Crippen molar-refractivity contribution in [2.75, 3.05) is 18.4 Å². The number of rotatable bonds is 5. The molecule has 172 valence electrons. The van der Waals surface area contributed by atoms with Crippen LogP contribution in [0, 0.1) is 6.92 Å². The Bertz CT molecular complexity index is 1340. The highest BCUT2D eigenvalue weighted by Crippen LogP contribution is 2.27. The number of pyridine rings is 1. The monoisotopic (exact) mass is 453 g/mol. The van der Waals surface area contributed by atoms with E-state index in [1.54, 1.807) is 22.9 Å². The molecule has 7 heteroatoms. The van der Waals surface area contributed by atoms with Gasteiger partial charge in [0.25, 0.3) is 11.8 Å². The first-order chi connectivity index (χ1) is 16.5. The summed E-state index contributed by atoms with van der Waals surface area (Å²) in [6.45, 7) is 5.51. The van der Waals surface area contributed by atoms with Crippen LogP contribution in [0.15, 0.2) is 66.7 Å². The van der Waals surface area contributed by atoms with E-state index in [-0.39, 0.29) is 17.9 Å². The van der Waals surface area contributed by atoms with E-state index in [1.165, 1.54) is 0 Å². The van der Waals surface area contributed by atoms with Crippen molar-refractivity contribution in [3.63, 3.8) is 0 Å². The molecule has 1 atom stereocenters. The lowest BCUT2D eigenvalue weighted by Gasteiger charge is -2.14. The number of fused-ring (bicyclic) bond motifs is 1. The largest absolute Gasteiger partial charge is 0.337 e. The predicted octanol–water partition coefficient (Wildman–Crippen LogP) is 4.84. The second-order valence-electron chi connectivity index (χ2n) is 8.77. The van der Waals surface area contributed by atoms with E-state index in [2.05, 4.69) is 5.32 Å². The van der Waals surface area contributed by atoms with Crippen molar-refractivity contribution in [2.45, 2.75) is 32.7 Å². The summed E-state index contributed by atoms with van der Waals surface area (Å²) in [5, 5.41) is 8.32. The molecule has 0 spiro atoms. The summed E-state index contributed by atoms with van der Waals surface area (Å²) in [5.41, 5.74) is 3.68. The summed E-state index contributed by atoms with van der Waals surface area (Å²) in [6, 6.07) is 20.8. The van der Waals surface area contributed by atoms with Crippen molar-refractivity contribution in [3.8, 4) is 0 Å². The highest BCUT2D eigenvalue weighted by atomic mass is 16.2. The van der Waals surface area contributed by atoms with Crippen LogP contribution in [-0.4, -0.2) is 44.6 Å². The SMILES string of the molecule is Cc1ccc(C(=O)Nc2ccc3c(C(=O)N4CCCC4)nn(C(C)c4ccccc4)c3n2)cc1. The first kappa shape index (κ1) is 21.8. The Morgan fingerprint density at radius 2 is 1.65 bits per heavy atom. The number of amides is 2. The maximum absolute atomic E-state index is 13.3. The molecule has 1 unspecified atom stereocenters. The molecule has 2 amide bonds. The van der Waals surface area contributed by atoms with E-state index in [4.69, 9.17) is 10.1 Å². The van der Waals surface area contributed by atoms with Gasteiger partial charge in [0.2, 0.25) is 0 Å². The van der Waals surface area contributed by atoms with Gasteiger partial charge in [0, 0.05) is 18.7 Å². The minimum absolute atomic E-state index is 0.0697. The lowest BCUT2D eigenvalue weighted by Crippen LogP contribution is -2.28. The molecule has 1 saturated heterocycles. The molecule has 1 aliphatic rings. The summed E-state index contributed by atoms with van der Waals surface area (Å²) >= 11 is 0. The van der Waals surface area contributed by atoms with Crippen molar-refractivity contribution < 1.29 is 9.59 Å². The fourth-order valence-electron chi connectivity index (χ4n) is 4.35. The van der Waals surface area contributed by atoms with Gasteiger partial charge >= 0.3 is 0 Å². The smallest absolute Gasteiger partial charge is 0.275 e. The third-order valence-corrected chi connectivity index (χ3v) is 6.36. The Morgan fingerprint density at radius 3 is 2.35 bits per heavy atom. The highest BCUT2D eigenvalue weighted by Gasteiger charge is 2.27. The Kier molecular flexibility index (Phi) is 5.84. The zero-order valence-electron chi connectivity index (χ0n) is 19.4. The van der Waals surface area contributed by atoms with Crippen molar-refractivity contribution in [1.29, 1.82) is 0 Å². The van der Waals surface area contributed by atoms with Gasteiger partial charge in [-0.2, -0.15) is 5.10 Å². The molecule has 1 aliphatic heterocycles. The fraction of sp³-hybridized carbons (Fsp3) is 0.259. The molecule has 0 bridgehead atoms. The molecule has 1 N–H and O–H groups in total. The number of carbonyl (C=O) groups excluding carboxylic acids is 2. The zero-order valence-corrected chi connectivity index (χ0v) is 19.4. The Balaban J connectivity index is 1.55. The van der Waals surface area contributed by atoms with Crippen LogP contribution in [0.5, 0.6) is 0 Å². The molecule has 5 rings (SSSR count). The summed E-state index contributed by atoms with van der Waals surface area (Å²) < 4.78 is 1.79. The van der Waals surface area contributed by atoms with Gasteiger partial charge in [-0.25, -0.2) is 9.67 Å². The van der Waals surface area contributed by atoms with Crippen LogP contribution in [-0.2, 0) is 0 Å². The quantitative estimate of drug-likeness (QED) is 0.469. The third kappa shape index (κ3) is 4.17.